The molecule has 0 aromatic heterocycles. The van der Waals surface area contributed by atoms with Crippen molar-refractivity contribution < 1.29 is 9.84 Å². The average Bonchev–Trinajstić information content (AvgIpc) is 2.62. The zero-order chi connectivity index (χ0) is 6.99. The minimum atomic E-state index is 0.583. The molecular weight excluding hydrogens is 106 g/mol. The summed E-state index contributed by atoms with van der Waals surface area (Å²) in [6.45, 7) is 3.04. The lowest BCUT2D eigenvalue weighted by Crippen LogP contribution is -1.69. The average molecular weight is 121 g/mol. The molecule has 0 saturated carbocycles. The van der Waals surface area contributed by atoms with Crippen molar-refractivity contribution in [3.8, 4) is 0 Å². The van der Waals surface area contributed by atoms with E-state index < -0.39 is 0 Å². The molecule has 3 N–H and O–H groups in total. The lowest BCUT2D eigenvalue weighted by Gasteiger charge is -1.50. The largest absolute Gasteiger partial charge is 0.400 e. The summed E-state index contributed by atoms with van der Waals surface area (Å²) in [6.07, 6.45) is 0.583. The predicted octanol–water partition coefficient (Wildman–Crippen LogP) is -0.412. The van der Waals surface area contributed by atoms with Gasteiger partial charge in [-0.25, -0.2) is 0 Å². The predicted molar refractivity (Wildman–Crippen MR) is 33.7 cm³/mol. The molecule has 1 rings (SSSR count). The highest BCUT2D eigenvalue weighted by atomic mass is 16.6. The summed E-state index contributed by atoms with van der Waals surface area (Å²) in [5.74, 6) is 0. The first kappa shape index (κ1) is 10.8. The van der Waals surface area contributed by atoms with E-state index in [1.165, 1.54) is 7.05 Å². The Balaban J connectivity index is 0. The van der Waals surface area contributed by atoms with Gasteiger partial charge in [-0.1, -0.05) is 0 Å². The molecule has 0 spiro atoms. The number of ether oxygens (including phenoxy) is 1. The van der Waals surface area contributed by atoms with Crippen LogP contribution in [0.25, 0.3) is 0 Å². The van der Waals surface area contributed by atoms with Crippen molar-refractivity contribution in [3.05, 3.63) is 0 Å². The van der Waals surface area contributed by atoms with Gasteiger partial charge in [0.15, 0.2) is 0 Å². The van der Waals surface area contributed by atoms with Crippen molar-refractivity contribution in [1.82, 2.24) is 0 Å². The Morgan fingerprint density at radius 1 is 1.50 bits per heavy atom. The maximum atomic E-state index is 7.00. The number of aliphatic hydroxyl groups excluding tert-OH is 1. The molecule has 3 heteroatoms. The van der Waals surface area contributed by atoms with Crippen molar-refractivity contribution in [2.45, 2.75) is 13.0 Å². The fraction of sp³-hybridized carbons (Fsp3) is 1.00. The number of epoxide rings is 1. The third kappa shape index (κ3) is 16.9. The number of nitrogens with two attached hydrogens (primary N) is 1. The van der Waals surface area contributed by atoms with E-state index in [0.717, 1.165) is 13.7 Å². The normalized spacial score (nSPS) is 21.4. The van der Waals surface area contributed by atoms with Gasteiger partial charge in [0.1, 0.15) is 0 Å². The lowest BCUT2D eigenvalue weighted by molar-refractivity contribution is 0.399. The van der Waals surface area contributed by atoms with E-state index in [1.54, 1.807) is 0 Å². The summed E-state index contributed by atoms with van der Waals surface area (Å²) in [5.41, 5.74) is 4.50. The van der Waals surface area contributed by atoms with Crippen molar-refractivity contribution in [1.29, 1.82) is 0 Å². The first-order chi connectivity index (χ1) is 3.89. The lowest BCUT2D eigenvalue weighted by atomic mass is 10.6. The van der Waals surface area contributed by atoms with E-state index >= 15 is 0 Å². The van der Waals surface area contributed by atoms with Crippen molar-refractivity contribution in [2.24, 2.45) is 5.73 Å². The molecule has 1 heterocycles. The summed E-state index contributed by atoms with van der Waals surface area (Å²) >= 11 is 0. The van der Waals surface area contributed by atoms with E-state index in [2.05, 4.69) is 12.7 Å². The second-order valence-corrected chi connectivity index (χ2v) is 1.14. The first-order valence-corrected chi connectivity index (χ1v) is 2.53. The first-order valence-electron chi connectivity index (χ1n) is 2.53. The summed E-state index contributed by atoms with van der Waals surface area (Å²) in [6, 6.07) is 0. The number of rotatable bonds is 0. The van der Waals surface area contributed by atoms with Crippen molar-refractivity contribution in [3.63, 3.8) is 0 Å². The topological polar surface area (TPSA) is 58.8 Å². The minimum absolute atomic E-state index is 0.583. The second kappa shape index (κ2) is 9.99. The number of aliphatic hydroxyl groups is 1. The van der Waals surface area contributed by atoms with Crippen LogP contribution in [0.1, 0.15) is 6.92 Å². The van der Waals surface area contributed by atoms with Crippen molar-refractivity contribution >= 4 is 0 Å². The molecule has 8 heavy (non-hydrogen) atoms. The Hall–Kier alpha value is -0.120. The fourth-order valence-corrected chi connectivity index (χ4v) is 0.0962. The summed E-state index contributed by atoms with van der Waals surface area (Å²) in [4.78, 5) is 0. The quantitative estimate of drug-likeness (QED) is 0.428. The molecule has 1 aliphatic heterocycles. The third-order valence-electron chi connectivity index (χ3n) is 0.500. The Morgan fingerprint density at radius 3 is 1.62 bits per heavy atom. The molecule has 0 radical (unpaired) electrons. The van der Waals surface area contributed by atoms with Crippen LogP contribution in [0.15, 0.2) is 0 Å². The van der Waals surface area contributed by atoms with Gasteiger partial charge >= 0.3 is 0 Å². The van der Waals surface area contributed by atoms with Gasteiger partial charge in [-0.2, -0.15) is 0 Å². The Kier molecular flexibility index (Phi) is 13.5. The van der Waals surface area contributed by atoms with Gasteiger partial charge < -0.3 is 15.6 Å². The van der Waals surface area contributed by atoms with Crippen LogP contribution < -0.4 is 5.73 Å². The smallest absolute Gasteiger partial charge is 0.0781 e. The molecular formula is C5H15NO2. The van der Waals surface area contributed by atoms with Crippen LogP contribution >= 0.6 is 0 Å². The molecule has 1 saturated heterocycles. The highest BCUT2D eigenvalue weighted by molar-refractivity contribution is 4.58. The van der Waals surface area contributed by atoms with Crippen molar-refractivity contribution in [2.75, 3.05) is 20.8 Å². The van der Waals surface area contributed by atoms with Gasteiger partial charge in [-0.15, -0.1) is 0 Å². The molecule has 0 bridgehead atoms. The molecule has 0 aliphatic carbocycles. The zero-order valence-electron chi connectivity index (χ0n) is 5.72. The maximum absolute atomic E-state index is 7.00. The molecule has 1 fully saturated rings. The van der Waals surface area contributed by atoms with Crippen LogP contribution in [-0.2, 0) is 4.74 Å². The number of hydrogen-bond donors (Lipinski definition) is 2. The molecule has 1 atom stereocenters. The molecule has 3 nitrogen and oxygen atoms in total. The molecule has 1 aliphatic rings. The Morgan fingerprint density at radius 2 is 1.62 bits per heavy atom. The fourth-order valence-electron chi connectivity index (χ4n) is 0.0962. The molecule has 52 valence electrons. The monoisotopic (exact) mass is 121 g/mol. The van der Waals surface area contributed by atoms with Crippen LogP contribution in [0.3, 0.4) is 0 Å². The van der Waals surface area contributed by atoms with E-state index in [4.69, 9.17) is 9.84 Å². The van der Waals surface area contributed by atoms with Crippen LogP contribution in [0, 0.1) is 0 Å². The summed E-state index contributed by atoms with van der Waals surface area (Å²) in [7, 11) is 2.50. The van der Waals surface area contributed by atoms with Crippen LogP contribution in [0.4, 0.5) is 0 Å². The Bertz CT molecular complexity index is 29.6. The maximum Gasteiger partial charge on any atom is 0.0781 e. The number of hydrogen-bond acceptors (Lipinski definition) is 3. The SMILES string of the molecule is CC1CO1.CN.CO. The van der Waals surface area contributed by atoms with Crippen LogP contribution in [0.2, 0.25) is 0 Å². The third-order valence-corrected chi connectivity index (χ3v) is 0.500. The highest BCUT2D eigenvalue weighted by Crippen LogP contribution is 2.04. The van der Waals surface area contributed by atoms with Gasteiger partial charge in [0.25, 0.3) is 0 Å². The zero-order valence-corrected chi connectivity index (χ0v) is 5.72. The molecule has 0 aromatic carbocycles. The highest BCUT2D eigenvalue weighted by Gasteiger charge is 2.13. The Labute approximate surface area is 50.5 Å². The van der Waals surface area contributed by atoms with E-state index in [-0.39, 0.29) is 0 Å². The van der Waals surface area contributed by atoms with Crippen LogP contribution in [0.5, 0.6) is 0 Å². The molecule has 0 amide bonds. The second-order valence-electron chi connectivity index (χ2n) is 1.14. The van der Waals surface area contributed by atoms with Gasteiger partial charge in [0, 0.05) is 7.11 Å². The van der Waals surface area contributed by atoms with Crippen LogP contribution in [-0.4, -0.2) is 32.0 Å². The van der Waals surface area contributed by atoms with E-state index in [0.29, 0.717) is 6.10 Å². The van der Waals surface area contributed by atoms with Gasteiger partial charge in [-0.05, 0) is 14.0 Å². The van der Waals surface area contributed by atoms with Gasteiger partial charge in [0.2, 0.25) is 0 Å². The molecule has 0 aromatic rings. The molecule has 1 unspecified atom stereocenters. The summed E-state index contributed by atoms with van der Waals surface area (Å²) < 4.78 is 4.71. The summed E-state index contributed by atoms with van der Waals surface area (Å²) in [5, 5.41) is 7.00. The van der Waals surface area contributed by atoms with E-state index in [1.807, 2.05) is 0 Å². The standard InChI is InChI=1S/C3H6O.CH5N.CH4O/c1-3-2-4-3;2*1-2/h3H,2H2,1H3;2H2,1H3;2H,1H3. The van der Waals surface area contributed by atoms with Gasteiger partial charge in [0.05, 0.1) is 12.7 Å². The van der Waals surface area contributed by atoms with E-state index in [9.17, 15) is 0 Å². The minimum Gasteiger partial charge on any atom is -0.400 e. The van der Waals surface area contributed by atoms with Gasteiger partial charge in [-0.3, -0.25) is 0 Å².